The first kappa shape index (κ1) is 29.2. The Balaban J connectivity index is 2.03. The van der Waals surface area contributed by atoms with Gasteiger partial charge < -0.3 is 10.2 Å². The zero-order chi connectivity index (χ0) is 27.7. The number of sulfonamides is 1. The third kappa shape index (κ3) is 7.36. The second-order valence-corrected chi connectivity index (χ2v) is 11.6. The van der Waals surface area contributed by atoms with Crippen molar-refractivity contribution in [2.75, 3.05) is 17.4 Å². The SMILES string of the molecule is CCC(C(=O)NCC(C)C)N(Cc1ccccc1)C(=O)CN(c1ccccc1Cl)S(=O)(=O)c1ccccc1. The summed E-state index contributed by atoms with van der Waals surface area (Å²) in [6.45, 7) is 5.90. The number of hydrogen-bond donors (Lipinski definition) is 1. The molecular formula is C29H34ClN3O4S. The number of nitrogens with one attached hydrogen (secondary N) is 1. The molecule has 7 nitrogen and oxygen atoms in total. The summed E-state index contributed by atoms with van der Waals surface area (Å²) < 4.78 is 28.6. The van der Waals surface area contributed by atoms with Crippen LogP contribution in [0.2, 0.25) is 5.02 Å². The highest BCUT2D eigenvalue weighted by atomic mass is 35.5. The maximum atomic E-state index is 14.0. The number of benzene rings is 3. The largest absolute Gasteiger partial charge is 0.354 e. The minimum absolute atomic E-state index is 0.0315. The van der Waals surface area contributed by atoms with Crippen LogP contribution < -0.4 is 9.62 Å². The molecule has 0 heterocycles. The molecule has 0 radical (unpaired) electrons. The molecule has 0 aliphatic rings. The Labute approximate surface area is 230 Å². The molecule has 202 valence electrons. The van der Waals surface area contributed by atoms with Crippen LogP contribution >= 0.6 is 11.6 Å². The van der Waals surface area contributed by atoms with E-state index in [0.717, 1.165) is 9.87 Å². The molecule has 0 fully saturated rings. The van der Waals surface area contributed by atoms with E-state index in [2.05, 4.69) is 5.32 Å². The fourth-order valence-electron chi connectivity index (χ4n) is 4.01. The number of nitrogens with zero attached hydrogens (tertiary/aromatic N) is 2. The molecule has 0 spiro atoms. The fourth-order valence-corrected chi connectivity index (χ4v) is 5.75. The second-order valence-electron chi connectivity index (χ2n) is 9.35. The molecule has 38 heavy (non-hydrogen) atoms. The van der Waals surface area contributed by atoms with Crippen LogP contribution in [0.4, 0.5) is 5.69 Å². The normalized spacial score (nSPS) is 12.1. The highest BCUT2D eigenvalue weighted by Gasteiger charge is 2.34. The molecule has 1 N–H and O–H groups in total. The summed E-state index contributed by atoms with van der Waals surface area (Å²) in [6.07, 6.45) is 0.361. The third-order valence-corrected chi connectivity index (χ3v) is 8.09. The summed E-state index contributed by atoms with van der Waals surface area (Å²) in [7, 11) is -4.15. The van der Waals surface area contributed by atoms with Crippen LogP contribution in [-0.2, 0) is 26.2 Å². The van der Waals surface area contributed by atoms with Crippen LogP contribution in [0.25, 0.3) is 0 Å². The number of carbonyl (C=O) groups excluding carboxylic acids is 2. The molecule has 3 aromatic carbocycles. The van der Waals surface area contributed by atoms with Gasteiger partial charge in [-0.05, 0) is 42.2 Å². The molecule has 0 saturated carbocycles. The number of carbonyl (C=O) groups is 2. The molecule has 2 amide bonds. The quantitative estimate of drug-likeness (QED) is 0.336. The Bertz CT molecular complexity index is 1320. The van der Waals surface area contributed by atoms with Crippen LogP contribution in [0.15, 0.2) is 89.8 Å². The van der Waals surface area contributed by atoms with Gasteiger partial charge in [0.05, 0.1) is 15.6 Å². The molecule has 1 unspecified atom stereocenters. The lowest BCUT2D eigenvalue weighted by Gasteiger charge is -2.33. The Hall–Kier alpha value is -3.36. The summed E-state index contributed by atoms with van der Waals surface area (Å²) in [5.41, 5.74) is 1.01. The molecule has 1 atom stereocenters. The Morgan fingerprint density at radius 3 is 2.05 bits per heavy atom. The van der Waals surface area contributed by atoms with Crippen molar-refractivity contribution in [1.29, 1.82) is 0 Å². The van der Waals surface area contributed by atoms with Crippen molar-refractivity contribution in [3.8, 4) is 0 Å². The van der Waals surface area contributed by atoms with E-state index >= 15 is 0 Å². The average molecular weight is 556 g/mol. The second kappa shape index (κ2) is 13.4. The average Bonchev–Trinajstić information content (AvgIpc) is 2.91. The van der Waals surface area contributed by atoms with Gasteiger partial charge in [-0.15, -0.1) is 0 Å². The van der Waals surface area contributed by atoms with Crippen molar-refractivity contribution in [3.63, 3.8) is 0 Å². The lowest BCUT2D eigenvalue weighted by Crippen LogP contribution is -2.52. The summed E-state index contributed by atoms with van der Waals surface area (Å²) >= 11 is 6.42. The van der Waals surface area contributed by atoms with Crippen LogP contribution in [0, 0.1) is 5.92 Å². The lowest BCUT2D eigenvalue weighted by atomic mass is 10.1. The highest BCUT2D eigenvalue weighted by Crippen LogP contribution is 2.30. The van der Waals surface area contributed by atoms with Crippen LogP contribution in [0.5, 0.6) is 0 Å². The molecule has 0 saturated heterocycles. The first-order chi connectivity index (χ1) is 18.1. The molecule has 0 bridgehead atoms. The third-order valence-electron chi connectivity index (χ3n) is 6.00. The van der Waals surface area contributed by atoms with Crippen molar-refractivity contribution in [2.45, 2.75) is 44.7 Å². The van der Waals surface area contributed by atoms with Crippen LogP contribution in [0.1, 0.15) is 32.8 Å². The lowest BCUT2D eigenvalue weighted by molar-refractivity contribution is -0.140. The van der Waals surface area contributed by atoms with E-state index in [9.17, 15) is 18.0 Å². The van der Waals surface area contributed by atoms with E-state index in [0.29, 0.717) is 13.0 Å². The standard InChI is InChI=1S/C29H34ClN3O4S/c1-4-26(29(35)31-19-22(2)3)32(20-23-13-7-5-8-14-23)28(34)21-33(27-18-12-11-17-25(27)30)38(36,37)24-15-9-6-10-16-24/h5-18,22,26H,4,19-21H2,1-3H3,(H,31,35). The first-order valence-corrected chi connectivity index (χ1v) is 14.4. The van der Waals surface area contributed by atoms with Gasteiger partial charge in [0.15, 0.2) is 0 Å². The van der Waals surface area contributed by atoms with E-state index in [1.165, 1.54) is 17.0 Å². The van der Waals surface area contributed by atoms with Gasteiger partial charge >= 0.3 is 0 Å². The van der Waals surface area contributed by atoms with Gasteiger partial charge in [-0.1, -0.05) is 93.0 Å². The predicted octanol–water partition coefficient (Wildman–Crippen LogP) is 5.11. The molecule has 0 aliphatic heterocycles. The number of halogens is 1. The monoisotopic (exact) mass is 555 g/mol. The highest BCUT2D eigenvalue weighted by molar-refractivity contribution is 7.92. The van der Waals surface area contributed by atoms with Gasteiger partial charge in [0.25, 0.3) is 10.0 Å². The van der Waals surface area contributed by atoms with Gasteiger partial charge in [-0.25, -0.2) is 8.42 Å². The van der Waals surface area contributed by atoms with Crippen molar-refractivity contribution in [1.82, 2.24) is 10.2 Å². The molecule has 0 aromatic heterocycles. The number of amides is 2. The molecule has 3 aromatic rings. The predicted molar refractivity (Wildman–Crippen MR) is 151 cm³/mol. The maximum Gasteiger partial charge on any atom is 0.264 e. The number of hydrogen-bond acceptors (Lipinski definition) is 4. The van der Waals surface area contributed by atoms with Crippen molar-refractivity contribution in [3.05, 3.63) is 95.5 Å². The Morgan fingerprint density at radius 1 is 0.895 bits per heavy atom. The van der Waals surface area contributed by atoms with Crippen LogP contribution in [-0.4, -0.2) is 44.3 Å². The molecule has 9 heteroatoms. The van der Waals surface area contributed by atoms with Gasteiger partial charge in [0, 0.05) is 13.1 Å². The van der Waals surface area contributed by atoms with Gasteiger partial charge in [-0.2, -0.15) is 0 Å². The van der Waals surface area contributed by atoms with E-state index in [4.69, 9.17) is 11.6 Å². The first-order valence-electron chi connectivity index (χ1n) is 12.6. The smallest absolute Gasteiger partial charge is 0.264 e. The minimum Gasteiger partial charge on any atom is -0.354 e. The number of anilines is 1. The van der Waals surface area contributed by atoms with E-state index in [1.54, 1.807) is 42.5 Å². The van der Waals surface area contributed by atoms with E-state index in [-0.39, 0.29) is 34.0 Å². The minimum atomic E-state index is -4.15. The van der Waals surface area contributed by atoms with Gasteiger partial charge in [0.2, 0.25) is 11.8 Å². The zero-order valence-electron chi connectivity index (χ0n) is 21.9. The fraction of sp³-hybridized carbons (Fsp3) is 0.310. The molecule has 0 aliphatic carbocycles. The molecule has 3 rings (SSSR count). The Kier molecular flexibility index (Phi) is 10.3. The number of rotatable bonds is 12. The zero-order valence-corrected chi connectivity index (χ0v) is 23.5. The topological polar surface area (TPSA) is 86.8 Å². The van der Waals surface area contributed by atoms with Crippen molar-refractivity contribution >= 4 is 39.1 Å². The van der Waals surface area contributed by atoms with Crippen molar-refractivity contribution < 1.29 is 18.0 Å². The van der Waals surface area contributed by atoms with Crippen LogP contribution in [0.3, 0.4) is 0 Å². The van der Waals surface area contributed by atoms with E-state index < -0.39 is 28.5 Å². The molecular weight excluding hydrogens is 522 g/mol. The summed E-state index contributed by atoms with van der Waals surface area (Å²) in [5.74, 6) is -0.554. The Morgan fingerprint density at radius 2 is 1.47 bits per heavy atom. The van der Waals surface area contributed by atoms with Gasteiger partial charge in [-0.3, -0.25) is 13.9 Å². The maximum absolute atomic E-state index is 14.0. The summed E-state index contributed by atoms with van der Waals surface area (Å²) in [5, 5.41) is 3.11. The van der Waals surface area contributed by atoms with E-state index in [1.807, 2.05) is 51.1 Å². The van der Waals surface area contributed by atoms with Crippen molar-refractivity contribution in [2.24, 2.45) is 5.92 Å². The number of para-hydroxylation sites is 1. The summed E-state index contributed by atoms with van der Waals surface area (Å²) in [4.78, 5) is 28.6. The summed E-state index contributed by atoms with van der Waals surface area (Å²) in [6, 6.07) is 22.9. The van der Waals surface area contributed by atoms with Gasteiger partial charge in [0.1, 0.15) is 12.6 Å².